The smallest absolute Gasteiger partial charge is 0.0970 e. The van der Waals surface area contributed by atoms with Crippen molar-refractivity contribution in [1.29, 1.82) is 0 Å². The number of nitrogens with zero attached hydrogens (tertiary/aromatic N) is 2. The van der Waals surface area contributed by atoms with Crippen LogP contribution in [0.25, 0.3) is 87.5 Å². The average molecular weight is 559 g/mol. The van der Waals surface area contributed by atoms with E-state index in [-0.39, 0.29) is 0 Å². The zero-order valence-electron chi connectivity index (χ0n) is 23.9. The van der Waals surface area contributed by atoms with E-state index in [9.17, 15) is 0 Å². The molecule has 0 aliphatic heterocycles. The van der Waals surface area contributed by atoms with E-state index in [0.29, 0.717) is 0 Å². The Balaban J connectivity index is 1.25. The summed E-state index contributed by atoms with van der Waals surface area (Å²) < 4.78 is 0. The lowest BCUT2D eigenvalue weighted by molar-refractivity contribution is 1.37. The van der Waals surface area contributed by atoms with Crippen LogP contribution in [0.15, 0.2) is 158 Å². The Bertz CT molecular complexity index is 2490. The van der Waals surface area contributed by atoms with Gasteiger partial charge in [0.1, 0.15) is 0 Å². The van der Waals surface area contributed by atoms with Crippen molar-refractivity contribution in [2.45, 2.75) is 0 Å². The highest BCUT2D eigenvalue weighted by Gasteiger charge is 2.16. The molecule has 2 heteroatoms. The van der Waals surface area contributed by atoms with Gasteiger partial charge < -0.3 is 0 Å². The molecule has 0 radical (unpaired) electrons. The van der Waals surface area contributed by atoms with Gasteiger partial charge in [-0.2, -0.15) is 0 Å². The minimum atomic E-state index is 0.923. The van der Waals surface area contributed by atoms with Crippen LogP contribution in [0, 0.1) is 0 Å². The molecule has 0 aliphatic rings. The zero-order valence-corrected chi connectivity index (χ0v) is 23.9. The Morgan fingerprint density at radius 2 is 0.955 bits per heavy atom. The quantitative estimate of drug-likeness (QED) is 0.159. The predicted molar refractivity (Wildman–Crippen MR) is 186 cm³/mol. The molecular weight excluding hydrogens is 532 g/mol. The zero-order chi connectivity index (χ0) is 29.0. The highest BCUT2D eigenvalue weighted by molar-refractivity contribution is 6.18. The molecule has 0 saturated heterocycles. The molecule has 0 N–H and O–H groups in total. The third-order valence-electron chi connectivity index (χ3n) is 8.92. The van der Waals surface area contributed by atoms with Crippen molar-refractivity contribution in [2.24, 2.45) is 0 Å². The van der Waals surface area contributed by atoms with Crippen molar-refractivity contribution in [3.63, 3.8) is 0 Å². The average Bonchev–Trinajstić information content (AvgIpc) is 3.10. The third-order valence-corrected chi connectivity index (χ3v) is 8.92. The lowest BCUT2D eigenvalue weighted by atomic mass is 9.87. The van der Waals surface area contributed by atoms with Gasteiger partial charge in [0.15, 0.2) is 0 Å². The van der Waals surface area contributed by atoms with Gasteiger partial charge in [0.05, 0.1) is 11.0 Å². The maximum absolute atomic E-state index is 5.03. The largest absolute Gasteiger partial charge is 0.254 e. The van der Waals surface area contributed by atoms with Crippen molar-refractivity contribution in [1.82, 2.24) is 9.97 Å². The fourth-order valence-electron chi connectivity index (χ4n) is 6.90. The van der Waals surface area contributed by atoms with Crippen LogP contribution in [0.2, 0.25) is 0 Å². The molecular formula is C42H26N2. The van der Waals surface area contributed by atoms with Crippen LogP contribution in [0.5, 0.6) is 0 Å². The van der Waals surface area contributed by atoms with E-state index in [1.165, 1.54) is 60.1 Å². The standard InChI is InChI=1S/C42H26N2/c1-2-10-27(11-3-1)33-22-23-43-42-39(33)19-18-30-25-31(26-44-41(30)42)32-20-21-38(37-17-9-8-16-36(32)37)40-34-14-6-4-12-28(34)24-29-13-5-7-15-35(29)40/h1-26H. The molecule has 2 heterocycles. The van der Waals surface area contributed by atoms with Gasteiger partial charge in [-0.3, -0.25) is 9.97 Å². The Morgan fingerprint density at radius 3 is 1.70 bits per heavy atom. The minimum Gasteiger partial charge on any atom is -0.254 e. The molecule has 2 aromatic heterocycles. The summed E-state index contributed by atoms with van der Waals surface area (Å²) in [5.74, 6) is 0. The van der Waals surface area contributed by atoms with Crippen LogP contribution >= 0.6 is 0 Å². The molecule has 44 heavy (non-hydrogen) atoms. The molecule has 0 fully saturated rings. The topological polar surface area (TPSA) is 25.8 Å². The summed E-state index contributed by atoms with van der Waals surface area (Å²) in [6.07, 6.45) is 3.90. The predicted octanol–water partition coefficient (Wildman–Crippen LogP) is 11.2. The summed E-state index contributed by atoms with van der Waals surface area (Å²) in [6.45, 7) is 0. The van der Waals surface area contributed by atoms with Crippen molar-refractivity contribution in [2.75, 3.05) is 0 Å². The van der Waals surface area contributed by atoms with Crippen molar-refractivity contribution < 1.29 is 0 Å². The second kappa shape index (κ2) is 9.86. The number of pyridine rings is 2. The number of fused-ring (bicyclic) bond motifs is 6. The van der Waals surface area contributed by atoms with E-state index in [4.69, 9.17) is 9.97 Å². The van der Waals surface area contributed by atoms with Gasteiger partial charge >= 0.3 is 0 Å². The van der Waals surface area contributed by atoms with E-state index < -0.39 is 0 Å². The lowest BCUT2D eigenvalue weighted by Gasteiger charge is -2.16. The summed E-state index contributed by atoms with van der Waals surface area (Å²) in [5, 5.41) is 9.70. The van der Waals surface area contributed by atoms with Gasteiger partial charge in [0, 0.05) is 28.7 Å². The number of rotatable bonds is 3. The van der Waals surface area contributed by atoms with E-state index in [2.05, 4.69) is 140 Å². The van der Waals surface area contributed by atoms with E-state index in [1.54, 1.807) is 0 Å². The van der Waals surface area contributed by atoms with Crippen LogP contribution in [0.1, 0.15) is 0 Å². The number of benzene rings is 7. The molecule has 0 atom stereocenters. The lowest BCUT2D eigenvalue weighted by Crippen LogP contribution is -1.91. The van der Waals surface area contributed by atoms with Crippen molar-refractivity contribution in [3.05, 3.63) is 158 Å². The van der Waals surface area contributed by atoms with Gasteiger partial charge in [0.2, 0.25) is 0 Å². The van der Waals surface area contributed by atoms with Crippen LogP contribution < -0.4 is 0 Å². The first kappa shape index (κ1) is 24.7. The summed E-state index contributed by atoms with van der Waals surface area (Å²) >= 11 is 0. The highest BCUT2D eigenvalue weighted by Crippen LogP contribution is 2.42. The van der Waals surface area contributed by atoms with Gasteiger partial charge in [-0.15, -0.1) is 0 Å². The Kier molecular flexibility index (Phi) is 5.54. The van der Waals surface area contributed by atoms with Crippen LogP contribution in [0.3, 0.4) is 0 Å². The number of hydrogen-bond acceptors (Lipinski definition) is 2. The van der Waals surface area contributed by atoms with Crippen LogP contribution in [-0.4, -0.2) is 9.97 Å². The van der Waals surface area contributed by atoms with Crippen molar-refractivity contribution >= 4 is 54.1 Å². The SMILES string of the molecule is c1ccc(-c2ccnc3c2ccc2cc(-c4ccc(-c5c6ccccc6cc6ccccc56)c5ccccc45)cnc23)cc1. The fourth-order valence-corrected chi connectivity index (χ4v) is 6.90. The fraction of sp³-hybridized carbons (Fsp3) is 0. The molecule has 0 bridgehead atoms. The number of aromatic nitrogens is 2. The Hall–Kier alpha value is -5.86. The summed E-state index contributed by atoms with van der Waals surface area (Å²) in [5.41, 5.74) is 9.01. The van der Waals surface area contributed by atoms with Crippen LogP contribution in [0.4, 0.5) is 0 Å². The molecule has 9 rings (SSSR count). The highest BCUT2D eigenvalue weighted by atomic mass is 14.7. The molecule has 0 saturated carbocycles. The molecule has 204 valence electrons. The van der Waals surface area contributed by atoms with E-state index in [1.807, 2.05) is 18.5 Å². The second-order valence-corrected chi connectivity index (χ2v) is 11.4. The van der Waals surface area contributed by atoms with E-state index in [0.717, 1.165) is 27.4 Å². The molecule has 2 nitrogen and oxygen atoms in total. The van der Waals surface area contributed by atoms with Crippen LogP contribution in [-0.2, 0) is 0 Å². The van der Waals surface area contributed by atoms with E-state index >= 15 is 0 Å². The molecule has 0 amide bonds. The molecule has 0 spiro atoms. The van der Waals surface area contributed by atoms with Gasteiger partial charge in [-0.25, -0.2) is 0 Å². The molecule has 7 aromatic carbocycles. The van der Waals surface area contributed by atoms with Gasteiger partial charge in [-0.1, -0.05) is 127 Å². The van der Waals surface area contributed by atoms with Gasteiger partial charge in [-0.05, 0) is 78.3 Å². The second-order valence-electron chi connectivity index (χ2n) is 11.4. The minimum absolute atomic E-state index is 0.923. The normalized spacial score (nSPS) is 11.6. The summed E-state index contributed by atoms with van der Waals surface area (Å²) in [7, 11) is 0. The first-order chi connectivity index (χ1) is 21.8. The third kappa shape index (κ3) is 3.82. The first-order valence-electron chi connectivity index (χ1n) is 15.0. The Morgan fingerprint density at radius 1 is 0.341 bits per heavy atom. The molecule has 9 aromatic rings. The van der Waals surface area contributed by atoms with Crippen molar-refractivity contribution in [3.8, 4) is 33.4 Å². The summed E-state index contributed by atoms with van der Waals surface area (Å²) in [6, 6.07) is 52.3. The maximum atomic E-state index is 5.03. The molecule has 0 unspecified atom stereocenters. The Labute approximate surface area is 254 Å². The maximum Gasteiger partial charge on any atom is 0.0970 e. The summed E-state index contributed by atoms with van der Waals surface area (Å²) in [4.78, 5) is 9.81. The molecule has 0 aliphatic carbocycles. The number of hydrogen-bond donors (Lipinski definition) is 0. The monoisotopic (exact) mass is 558 g/mol. The first-order valence-corrected chi connectivity index (χ1v) is 15.0. The van der Waals surface area contributed by atoms with Gasteiger partial charge in [0.25, 0.3) is 0 Å².